The molecule has 1 amide bonds. The molecule has 21 heavy (non-hydrogen) atoms. The third kappa shape index (κ3) is 5.06. The zero-order valence-electron chi connectivity index (χ0n) is 13.2. The first-order valence-electron chi connectivity index (χ1n) is 8.17. The first-order chi connectivity index (χ1) is 10.2. The maximum Gasteiger partial charge on any atom is 0.227 e. The van der Waals surface area contributed by atoms with E-state index in [0.29, 0.717) is 0 Å². The summed E-state index contributed by atoms with van der Waals surface area (Å²) in [7, 11) is 0. The highest BCUT2D eigenvalue weighted by Gasteiger charge is 2.25. The molecule has 0 aromatic heterocycles. The van der Waals surface area contributed by atoms with Crippen LogP contribution in [0.3, 0.4) is 0 Å². The van der Waals surface area contributed by atoms with Gasteiger partial charge in [0.2, 0.25) is 5.91 Å². The molecule has 2 nitrogen and oxygen atoms in total. The van der Waals surface area contributed by atoms with Gasteiger partial charge in [-0.05, 0) is 62.1 Å². The van der Waals surface area contributed by atoms with Crippen molar-refractivity contribution in [3.63, 3.8) is 0 Å². The molecule has 0 aliphatic heterocycles. The number of carbonyl (C=O) groups is 1. The Morgan fingerprint density at radius 2 is 1.86 bits per heavy atom. The molecule has 0 unspecified atom stereocenters. The molecule has 0 saturated heterocycles. The topological polar surface area (TPSA) is 29.1 Å². The van der Waals surface area contributed by atoms with Crippen LogP contribution in [0.5, 0.6) is 0 Å². The lowest BCUT2D eigenvalue weighted by Gasteiger charge is -2.27. The maximum atomic E-state index is 12.3. The Hall–Kier alpha value is -0.960. The van der Waals surface area contributed by atoms with E-state index in [2.05, 4.69) is 30.6 Å². The average molecular weight is 305 g/mol. The largest absolute Gasteiger partial charge is 0.326 e. The molecule has 0 atom stereocenters. The minimum atomic E-state index is 0.209. The number of amides is 1. The summed E-state index contributed by atoms with van der Waals surface area (Å²) >= 11 is 1.72. The molecule has 1 aromatic rings. The normalized spacial score (nSPS) is 22.0. The van der Waals surface area contributed by atoms with Crippen molar-refractivity contribution in [1.29, 1.82) is 0 Å². The smallest absolute Gasteiger partial charge is 0.227 e. The third-order valence-electron chi connectivity index (χ3n) is 4.54. The highest BCUT2D eigenvalue weighted by Crippen LogP contribution is 2.32. The van der Waals surface area contributed by atoms with Gasteiger partial charge < -0.3 is 5.32 Å². The van der Waals surface area contributed by atoms with Crippen molar-refractivity contribution in [2.75, 3.05) is 11.6 Å². The van der Waals surface area contributed by atoms with Gasteiger partial charge in [0.15, 0.2) is 0 Å². The lowest BCUT2D eigenvalue weighted by atomic mass is 9.79. The molecule has 3 heteroatoms. The van der Waals surface area contributed by atoms with Crippen molar-refractivity contribution in [3.05, 3.63) is 24.3 Å². The van der Waals surface area contributed by atoms with Crippen LogP contribution in [0, 0.1) is 11.8 Å². The van der Waals surface area contributed by atoms with E-state index in [1.165, 1.54) is 37.0 Å². The van der Waals surface area contributed by atoms with Crippen LogP contribution in [0.25, 0.3) is 0 Å². The van der Waals surface area contributed by atoms with E-state index in [1.54, 1.807) is 11.8 Å². The summed E-state index contributed by atoms with van der Waals surface area (Å²) in [5.74, 6) is 1.28. The number of unbranched alkanes of at least 4 members (excludes halogenated alkanes) is 1. The quantitative estimate of drug-likeness (QED) is 0.718. The van der Waals surface area contributed by atoms with Crippen LogP contribution in [0.1, 0.15) is 51.9 Å². The SMILES string of the molecule is CCCCC1CCC(C(=O)Nc2ccc(SC)cc2)CC1. The van der Waals surface area contributed by atoms with E-state index in [-0.39, 0.29) is 11.8 Å². The predicted molar refractivity (Wildman–Crippen MR) is 91.8 cm³/mol. The second-order valence-corrected chi connectivity index (χ2v) is 6.96. The first-order valence-corrected chi connectivity index (χ1v) is 9.40. The minimum Gasteiger partial charge on any atom is -0.326 e. The Morgan fingerprint density at radius 3 is 2.43 bits per heavy atom. The molecule has 0 bridgehead atoms. The van der Waals surface area contributed by atoms with Crippen LogP contribution in [0.4, 0.5) is 5.69 Å². The number of benzene rings is 1. The van der Waals surface area contributed by atoms with Crippen molar-refractivity contribution < 1.29 is 4.79 Å². The molecular weight excluding hydrogens is 278 g/mol. The number of nitrogens with one attached hydrogen (secondary N) is 1. The average Bonchev–Trinajstić information content (AvgIpc) is 2.54. The van der Waals surface area contributed by atoms with E-state index in [4.69, 9.17) is 0 Å². The Balaban J connectivity index is 1.78. The number of hydrogen-bond donors (Lipinski definition) is 1. The van der Waals surface area contributed by atoms with Crippen LogP contribution in [0.15, 0.2) is 29.2 Å². The number of carbonyl (C=O) groups excluding carboxylic acids is 1. The summed E-state index contributed by atoms with van der Waals surface area (Å²) in [6.45, 7) is 2.25. The van der Waals surface area contributed by atoms with E-state index in [0.717, 1.165) is 24.4 Å². The summed E-state index contributed by atoms with van der Waals surface area (Å²) in [5.41, 5.74) is 0.922. The molecule has 2 rings (SSSR count). The van der Waals surface area contributed by atoms with Crippen LogP contribution in [0.2, 0.25) is 0 Å². The number of rotatable bonds is 6. The van der Waals surface area contributed by atoms with Gasteiger partial charge in [0.1, 0.15) is 0 Å². The second-order valence-electron chi connectivity index (χ2n) is 6.08. The molecule has 1 fully saturated rings. The fourth-order valence-electron chi connectivity index (χ4n) is 3.12. The number of thioether (sulfide) groups is 1. The monoisotopic (exact) mass is 305 g/mol. The standard InChI is InChI=1S/C18H27NOS/c1-3-4-5-14-6-8-15(9-7-14)18(20)19-16-10-12-17(21-2)13-11-16/h10-15H,3-9H2,1-2H3,(H,19,20). The Bertz CT molecular complexity index is 435. The number of hydrogen-bond acceptors (Lipinski definition) is 2. The maximum absolute atomic E-state index is 12.3. The van der Waals surface area contributed by atoms with Crippen molar-refractivity contribution in [1.82, 2.24) is 0 Å². The summed E-state index contributed by atoms with van der Waals surface area (Å²) in [6, 6.07) is 8.11. The zero-order valence-corrected chi connectivity index (χ0v) is 14.0. The lowest BCUT2D eigenvalue weighted by molar-refractivity contribution is -0.121. The van der Waals surface area contributed by atoms with Crippen LogP contribution in [-0.2, 0) is 4.79 Å². The highest BCUT2D eigenvalue weighted by atomic mass is 32.2. The van der Waals surface area contributed by atoms with E-state index < -0.39 is 0 Å². The predicted octanol–water partition coefficient (Wildman–Crippen LogP) is 5.34. The lowest BCUT2D eigenvalue weighted by Crippen LogP contribution is -2.27. The van der Waals surface area contributed by atoms with Crippen molar-refractivity contribution >= 4 is 23.4 Å². The summed E-state index contributed by atoms with van der Waals surface area (Å²) in [5, 5.41) is 3.07. The van der Waals surface area contributed by atoms with Gasteiger partial charge in [0, 0.05) is 16.5 Å². The van der Waals surface area contributed by atoms with Crippen molar-refractivity contribution in [2.24, 2.45) is 11.8 Å². The van der Waals surface area contributed by atoms with Gasteiger partial charge in [-0.2, -0.15) is 0 Å². The molecular formula is C18H27NOS. The molecule has 1 aliphatic rings. The molecule has 0 radical (unpaired) electrons. The Kier molecular flexibility index (Phi) is 6.62. The molecule has 0 spiro atoms. The van der Waals surface area contributed by atoms with Crippen LogP contribution < -0.4 is 5.32 Å². The number of anilines is 1. The summed E-state index contributed by atoms with van der Waals surface area (Å²) in [4.78, 5) is 13.6. The molecule has 1 N–H and O–H groups in total. The Labute approximate surface area is 133 Å². The van der Waals surface area contributed by atoms with E-state index >= 15 is 0 Å². The highest BCUT2D eigenvalue weighted by molar-refractivity contribution is 7.98. The van der Waals surface area contributed by atoms with Gasteiger partial charge in [-0.25, -0.2) is 0 Å². The molecule has 1 saturated carbocycles. The van der Waals surface area contributed by atoms with Gasteiger partial charge >= 0.3 is 0 Å². The van der Waals surface area contributed by atoms with Gasteiger partial charge in [-0.1, -0.05) is 26.2 Å². The zero-order chi connectivity index (χ0) is 15.1. The van der Waals surface area contributed by atoms with Crippen LogP contribution in [-0.4, -0.2) is 12.2 Å². The Morgan fingerprint density at radius 1 is 1.19 bits per heavy atom. The first kappa shape index (κ1) is 16.4. The van der Waals surface area contributed by atoms with Gasteiger partial charge in [0.25, 0.3) is 0 Å². The molecule has 116 valence electrons. The van der Waals surface area contributed by atoms with Crippen LogP contribution >= 0.6 is 11.8 Å². The summed E-state index contributed by atoms with van der Waals surface area (Å²) < 4.78 is 0. The second kappa shape index (κ2) is 8.47. The van der Waals surface area contributed by atoms with Crippen molar-refractivity contribution in [2.45, 2.75) is 56.8 Å². The third-order valence-corrected chi connectivity index (χ3v) is 5.28. The molecule has 1 aromatic carbocycles. The van der Waals surface area contributed by atoms with E-state index in [1.807, 2.05) is 12.1 Å². The molecule has 0 heterocycles. The van der Waals surface area contributed by atoms with Gasteiger partial charge in [-0.15, -0.1) is 11.8 Å². The summed E-state index contributed by atoms with van der Waals surface area (Å²) in [6.07, 6.45) is 10.6. The fraction of sp³-hybridized carbons (Fsp3) is 0.611. The van der Waals surface area contributed by atoms with Crippen molar-refractivity contribution in [3.8, 4) is 0 Å². The fourth-order valence-corrected chi connectivity index (χ4v) is 3.53. The van der Waals surface area contributed by atoms with E-state index in [9.17, 15) is 4.79 Å². The molecule has 1 aliphatic carbocycles. The van der Waals surface area contributed by atoms with Gasteiger partial charge in [0.05, 0.1) is 0 Å². The minimum absolute atomic E-state index is 0.209. The van der Waals surface area contributed by atoms with Gasteiger partial charge in [-0.3, -0.25) is 4.79 Å².